The minimum atomic E-state index is -1.10. The van der Waals surface area contributed by atoms with Gasteiger partial charge in [-0.3, -0.25) is 4.79 Å². The second-order valence-corrected chi connectivity index (χ2v) is 4.94. The molecular formula is C10H17NO3. The van der Waals surface area contributed by atoms with E-state index >= 15 is 0 Å². The van der Waals surface area contributed by atoms with Crippen LogP contribution in [0.2, 0.25) is 0 Å². The van der Waals surface area contributed by atoms with E-state index in [4.69, 9.17) is 10.5 Å². The zero-order valence-corrected chi connectivity index (χ0v) is 8.62. The third-order valence-corrected chi connectivity index (χ3v) is 4.04. The molecule has 0 aromatic rings. The van der Waals surface area contributed by atoms with Gasteiger partial charge in [0, 0.05) is 17.9 Å². The van der Waals surface area contributed by atoms with Crippen molar-refractivity contribution in [3.63, 3.8) is 0 Å². The highest BCUT2D eigenvalue weighted by Gasteiger charge is 2.70. The second kappa shape index (κ2) is 2.70. The van der Waals surface area contributed by atoms with Crippen molar-refractivity contribution in [1.82, 2.24) is 0 Å². The van der Waals surface area contributed by atoms with Gasteiger partial charge in [0.1, 0.15) is 5.54 Å². The van der Waals surface area contributed by atoms with Gasteiger partial charge in [0.05, 0.1) is 6.10 Å². The summed E-state index contributed by atoms with van der Waals surface area (Å²) >= 11 is 0. The number of carbonyl (C=O) groups is 1. The molecule has 1 saturated heterocycles. The van der Waals surface area contributed by atoms with E-state index in [2.05, 4.69) is 0 Å². The van der Waals surface area contributed by atoms with Crippen LogP contribution < -0.4 is 5.73 Å². The van der Waals surface area contributed by atoms with Gasteiger partial charge in [0.2, 0.25) is 0 Å². The Hall–Kier alpha value is -0.610. The lowest BCUT2D eigenvalue weighted by Gasteiger charge is -2.63. The monoisotopic (exact) mass is 199 g/mol. The maximum atomic E-state index is 11.2. The minimum Gasteiger partial charge on any atom is -0.480 e. The van der Waals surface area contributed by atoms with E-state index in [-0.39, 0.29) is 12.0 Å². The number of carboxylic acid groups (broad SMARTS) is 1. The van der Waals surface area contributed by atoms with Crippen molar-refractivity contribution >= 4 is 5.97 Å². The smallest absolute Gasteiger partial charge is 0.324 e. The Labute approximate surface area is 83.4 Å². The molecule has 0 amide bonds. The van der Waals surface area contributed by atoms with Gasteiger partial charge in [-0.05, 0) is 12.8 Å². The molecule has 2 fully saturated rings. The Morgan fingerprint density at radius 2 is 2.21 bits per heavy atom. The molecule has 80 valence electrons. The molecule has 14 heavy (non-hydrogen) atoms. The molecule has 4 nitrogen and oxygen atoms in total. The Kier molecular flexibility index (Phi) is 1.92. The Bertz CT molecular complexity index is 277. The van der Waals surface area contributed by atoms with Crippen LogP contribution in [0.15, 0.2) is 0 Å². The first-order valence-electron chi connectivity index (χ1n) is 5.06. The lowest BCUT2D eigenvalue weighted by atomic mass is 9.46. The van der Waals surface area contributed by atoms with Crippen LogP contribution in [0.4, 0.5) is 0 Å². The number of ether oxygens (including phenoxy) is 1. The molecule has 1 aliphatic heterocycles. The van der Waals surface area contributed by atoms with Gasteiger partial charge in [-0.2, -0.15) is 0 Å². The van der Waals surface area contributed by atoms with E-state index in [0.29, 0.717) is 0 Å². The number of rotatable bonds is 1. The first kappa shape index (κ1) is 9.93. The predicted molar refractivity (Wildman–Crippen MR) is 50.8 cm³/mol. The summed E-state index contributed by atoms with van der Waals surface area (Å²) in [6, 6.07) is 0. The lowest BCUT2D eigenvalue weighted by Crippen LogP contribution is -2.80. The molecule has 1 saturated carbocycles. The Morgan fingerprint density at radius 3 is 2.79 bits per heavy atom. The standard InChI is InChI=1S/C10H17NO3/c1-9(2)7-6(4-3-5-14-7)10(9,11)8(12)13/h6-7H,3-5,11H2,1-2H3,(H,12,13)/t6-,7-,10-/m1/s1. The predicted octanol–water partition coefficient (Wildman–Crippen LogP) is 0.603. The van der Waals surface area contributed by atoms with Crippen LogP contribution in [0.5, 0.6) is 0 Å². The third-order valence-electron chi connectivity index (χ3n) is 4.04. The van der Waals surface area contributed by atoms with Gasteiger partial charge in [-0.25, -0.2) is 0 Å². The quantitative estimate of drug-likeness (QED) is 0.648. The van der Waals surface area contributed by atoms with Crippen molar-refractivity contribution in [2.75, 3.05) is 6.61 Å². The van der Waals surface area contributed by atoms with E-state index in [1.807, 2.05) is 13.8 Å². The number of fused-ring (bicyclic) bond motifs is 1. The normalized spacial score (nSPS) is 45.1. The highest BCUT2D eigenvalue weighted by Crippen LogP contribution is 2.57. The van der Waals surface area contributed by atoms with Crippen LogP contribution in [0.1, 0.15) is 26.7 Å². The number of nitrogens with two attached hydrogens (primary N) is 1. The van der Waals surface area contributed by atoms with Gasteiger partial charge in [-0.15, -0.1) is 0 Å². The van der Waals surface area contributed by atoms with E-state index < -0.39 is 16.9 Å². The van der Waals surface area contributed by atoms with Crippen molar-refractivity contribution in [1.29, 1.82) is 0 Å². The molecule has 2 aliphatic rings. The largest absolute Gasteiger partial charge is 0.480 e. The summed E-state index contributed by atoms with van der Waals surface area (Å²) in [5, 5.41) is 9.19. The summed E-state index contributed by atoms with van der Waals surface area (Å²) in [4.78, 5) is 11.2. The Morgan fingerprint density at radius 1 is 1.57 bits per heavy atom. The summed E-state index contributed by atoms with van der Waals surface area (Å²) in [6.45, 7) is 4.50. The summed E-state index contributed by atoms with van der Waals surface area (Å²) < 4.78 is 5.59. The first-order valence-corrected chi connectivity index (χ1v) is 5.06. The molecule has 0 bridgehead atoms. The highest BCUT2D eigenvalue weighted by atomic mass is 16.5. The maximum absolute atomic E-state index is 11.2. The SMILES string of the molecule is CC1(C)[C@@H]2OCCC[C@H]2[C@@]1(N)C(=O)O. The molecule has 1 heterocycles. The second-order valence-electron chi connectivity index (χ2n) is 4.94. The summed E-state index contributed by atoms with van der Waals surface area (Å²) in [5.74, 6) is -0.905. The van der Waals surface area contributed by atoms with Crippen LogP contribution in [-0.4, -0.2) is 29.3 Å². The molecule has 0 spiro atoms. The van der Waals surface area contributed by atoms with Gasteiger partial charge in [0.25, 0.3) is 0 Å². The zero-order valence-electron chi connectivity index (χ0n) is 8.62. The minimum absolute atomic E-state index is 0.0104. The molecular weight excluding hydrogens is 182 g/mol. The fourth-order valence-corrected chi connectivity index (χ4v) is 3.01. The van der Waals surface area contributed by atoms with E-state index in [9.17, 15) is 9.90 Å². The average Bonchev–Trinajstić information content (AvgIpc) is 2.16. The van der Waals surface area contributed by atoms with Crippen LogP contribution in [0.25, 0.3) is 0 Å². The zero-order chi connectivity index (χ0) is 10.6. The van der Waals surface area contributed by atoms with Crippen molar-refractivity contribution in [3.8, 4) is 0 Å². The van der Waals surface area contributed by atoms with Gasteiger partial charge in [-0.1, -0.05) is 13.8 Å². The number of hydrogen-bond acceptors (Lipinski definition) is 3. The van der Waals surface area contributed by atoms with E-state index in [1.54, 1.807) is 0 Å². The van der Waals surface area contributed by atoms with Crippen molar-refractivity contribution in [2.24, 2.45) is 17.1 Å². The molecule has 3 atom stereocenters. The van der Waals surface area contributed by atoms with E-state index in [0.717, 1.165) is 19.4 Å². The number of carboxylic acids is 1. The van der Waals surface area contributed by atoms with Crippen LogP contribution >= 0.6 is 0 Å². The number of aliphatic carboxylic acids is 1. The first-order chi connectivity index (χ1) is 6.42. The molecule has 3 N–H and O–H groups in total. The van der Waals surface area contributed by atoms with Crippen LogP contribution in [0.3, 0.4) is 0 Å². The topological polar surface area (TPSA) is 72.5 Å². The van der Waals surface area contributed by atoms with Crippen LogP contribution in [-0.2, 0) is 9.53 Å². The van der Waals surface area contributed by atoms with Crippen molar-refractivity contribution < 1.29 is 14.6 Å². The van der Waals surface area contributed by atoms with Crippen molar-refractivity contribution in [3.05, 3.63) is 0 Å². The number of hydrogen-bond donors (Lipinski definition) is 2. The summed E-state index contributed by atoms with van der Waals surface area (Å²) in [7, 11) is 0. The fourth-order valence-electron chi connectivity index (χ4n) is 3.01. The highest BCUT2D eigenvalue weighted by molar-refractivity contribution is 5.82. The summed E-state index contributed by atoms with van der Waals surface area (Å²) in [6.07, 6.45) is 1.82. The van der Waals surface area contributed by atoms with E-state index in [1.165, 1.54) is 0 Å². The third kappa shape index (κ3) is 0.880. The van der Waals surface area contributed by atoms with Gasteiger partial charge < -0.3 is 15.6 Å². The molecule has 0 unspecified atom stereocenters. The average molecular weight is 199 g/mol. The Balaban J connectivity index is 2.30. The molecule has 0 radical (unpaired) electrons. The van der Waals surface area contributed by atoms with Gasteiger partial charge in [0.15, 0.2) is 0 Å². The summed E-state index contributed by atoms with van der Waals surface area (Å²) in [5.41, 5.74) is 4.44. The van der Waals surface area contributed by atoms with Crippen molar-refractivity contribution in [2.45, 2.75) is 38.3 Å². The molecule has 2 rings (SSSR count). The molecule has 0 aromatic heterocycles. The maximum Gasteiger partial charge on any atom is 0.324 e. The molecule has 1 aliphatic carbocycles. The molecule has 4 heteroatoms. The fraction of sp³-hybridized carbons (Fsp3) is 0.900. The van der Waals surface area contributed by atoms with Crippen LogP contribution in [0, 0.1) is 11.3 Å². The van der Waals surface area contributed by atoms with Gasteiger partial charge >= 0.3 is 5.97 Å². The lowest BCUT2D eigenvalue weighted by molar-refractivity contribution is -0.233. The molecule has 0 aromatic carbocycles.